The molecular weight excluding hydrogens is 264 g/mol. The summed E-state index contributed by atoms with van der Waals surface area (Å²) >= 11 is 0. The van der Waals surface area contributed by atoms with E-state index in [4.69, 9.17) is 4.74 Å². The average molecular weight is 290 g/mol. The van der Waals surface area contributed by atoms with Gasteiger partial charge in [-0.2, -0.15) is 0 Å². The van der Waals surface area contributed by atoms with Gasteiger partial charge in [0, 0.05) is 13.1 Å². The van der Waals surface area contributed by atoms with Crippen LogP contribution in [0.2, 0.25) is 0 Å². The molecule has 1 aliphatic heterocycles. The third-order valence-corrected chi connectivity index (χ3v) is 4.06. The van der Waals surface area contributed by atoms with E-state index in [2.05, 4.69) is 17.4 Å². The van der Waals surface area contributed by atoms with Gasteiger partial charge in [0.05, 0.1) is 13.2 Å². The highest BCUT2D eigenvalue weighted by Gasteiger charge is 2.21. The quantitative estimate of drug-likeness (QED) is 0.873. The number of amides is 1. The van der Waals surface area contributed by atoms with Gasteiger partial charge in [0.1, 0.15) is 5.75 Å². The monoisotopic (exact) mass is 290 g/mol. The molecule has 21 heavy (non-hydrogen) atoms. The molecule has 0 spiro atoms. The summed E-state index contributed by atoms with van der Waals surface area (Å²) in [5.74, 6) is 1.12. The van der Waals surface area contributed by atoms with Crippen molar-refractivity contribution in [3.8, 4) is 5.75 Å². The zero-order valence-corrected chi connectivity index (χ0v) is 13.1. The second-order valence-electron chi connectivity index (χ2n) is 5.66. The largest absolute Gasteiger partial charge is 0.497 e. The van der Waals surface area contributed by atoms with Gasteiger partial charge in [-0.3, -0.25) is 4.79 Å². The molecule has 4 heteroatoms. The second kappa shape index (κ2) is 8.03. The van der Waals surface area contributed by atoms with Crippen molar-refractivity contribution >= 4 is 5.91 Å². The lowest BCUT2D eigenvalue weighted by atomic mass is 10.1. The SMILES string of the molecule is COc1ccc(CCNC(C)C(=O)N2CCCCC2)cc1. The molecule has 1 atom stereocenters. The molecule has 1 N–H and O–H groups in total. The minimum Gasteiger partial charge on any atom is -0.497 e. The molecule has 1 heterocycles. The van der Waals surface area contributed by atoms with E-state index in [9.17, 15) is 4.79 Å². The fourth-order valence-electron chi connectivity index (χ4n) is 2.70. The summed E-state index contributed by atoms with van der Waals surface area (Å²) < 4.78 is 5.14. The second-order valence-corrected chi connectivity index (χ2v) is 5.66. The van der Waals surface area contributed by atoms with E-state index in [0.29, 0.717) is 0 Å². The van der Waals surface area contributed by atoms with Gasteiger partial charge < -0.3 is 15.0 Å². The van der Waals surface area contributed by atoms with Crippen molar-refractivity contribution in [1.82, 2.24) is 10.2 Å². The van der Waals surface area contributed by atoms with Crippen molar-refractivity contribution in [2.75, 3.05) is 26.7 Å². The third-order valence-electron chi connectivity index (χ3n) is 4.06. The van der Waals surface area contributed by atoms with Crippen LogP contribution in [0, 0.1) is 0 Å². The first-order chi connectivity index (χ1) is 10.2. The number of nitrogens with one attached hydrogen (secondary N) is 1. The van der Waals surface area contributed by atoms with E-state index in [-0.39, 0.29) is 11.9 Å². The summed E-state index contributed by atoms with van der Waals surface area (Å²) in [5.41, 5.74) is 1.25. The first kappa shape index (κ1) is 15.8. The summed E-state index contributed by atoms with van der Waals surface area (Å²) in [6.07, 6.45) is 4.46. The Hall–Kier alpha value is -1.55. The van der Waals surface area contributed by atoms with Gasteiger partial charge in [-0.25, -0.2) is 0 Å². The van der Waals surface area contributed by atoms with Crippen LogP contribution in [0.3, 0.4) is 0 Å². The van der Waals surface area contributed by atoms with Crippen LogP contribution in [0.25, 0.3) is 0 Å². The van der Waals surface area contributed by atoms with Crippen LogP contribution >= 0.6 is 0 Å². The van der Waals surface area contributed by atoms with Crippen molar-refractivity contribution < 1.29 is 9.53 Å². The van der Waals surface area contributed by atoms with E-state index in [1.165, 1.54) is 12.0 Å². The Morgan fingerprint density at radius 2 is 1.90 bits per heavy atom. The van der Waals surface area contributed by atoms with Gasteiger partial charge in [0.25, 0.3) is 0 Å². The molecule has 2 rings (SSSR count). The summed E-state index contributed by atoms with van der Waals surface area (Å²) in [6.45, 7) is 4.62. The maximum Gasteiger partial charge on any atom is 0.239 e. The minimum absolute atomic E-state index is 0.0960. The Balaban J connectivity index is 1.72. The Labute approximate surface area is 127 Å². The lowest BCUT2D eigenvalue weighted by Crippen LogP contribution is -2.47. The molecule has 0 aliphatic carbocycles. The first-order valence-corrected chi connectivity index (χ1v) is 7.86. The van der Waals surface area contributed by atoms with Gasteiger partial charge >= 0.3 is 0 Å². The average Bonchev–Trinajstić information content (AvgIpc) is 2.55. The number of carbonyl (C=O) groups excluding carboxylic acids is 1. The number of piperidine rings is 1. The van der Waals surface area contributed by atoms with Gasteiger partial charge in [-0.1, -0.05) is 12.1 Å². The summed E-state index contributed by atoms with van der Waals surface area (Å²) in [7, 11) is 1.67. The molecule has 1 aromatic rings. The number of likely N-dealkylation sites (tertiary alicyclic amines) is 1. The highest BCUT2D eigenvalue weighted by molar-refractivity contribution is 5.81. The van der Waals surface area contributed by atoms with Crippen LogP contribution in [0.1, 0.15) is 31.7 Å². The van der Waals surface area contributed by atoms with Crippen LogP contribution in [0.4, 0.5) is 0 Å². The van der Waals surface area contributed by atoms with Gasteiger partial charge in [0.2, 0.25) is 5.91 Å². The van der Waals surface area contributed by atoms with Crippen LogP contribution in [-0.4, -0.2) is 43.6 Å². The maximum atomic E-state index is 12.3. The van der Waals surface area contributed by atoms with Crippen molar-refractivity contribution in [3.63, 3.8) is 0 Å². The highest BCUT2D eigenvalue weighted by atomic mass is 16.5. The normalized spacial score (nSPS) is 16.6. The standard InChI is InChI=1S/C17H26N2O2/c1-14(17(20)19-12-4-3-5-13-19)18-11-10-15-6-8-16(21-2)9-7-15/h6-9,14,18H,3-5,10-13H2,1-2H3. The summed E-state index contributed by atoms with van der Waals surface area (Å²) in [6, 6.07) is 7.98. The smallest absolute Gasteiger partial charge is 0.239 e. The van der Waals surface area contributed by atoms with Crippen molar-refractivity contribution in [2.24, 2.45) is 0 Å². The van der Waals surface area contributed by atoms with Gasteiger partial charge in [-0.05, 0) is 56.8 Å². The molecule has 0 radical (unpaired) electrons. The van der Waals surface area contributed by atoms with E-state index < -0.39 is 0 Å². The van der Waals surface area contributed by atoms with Crippen LogP contribution in [0.15, 0.2) is 24.3 Å². The summed E-state index contributed by atoms with van der Waals surface area (Å²) in [4.78, 5) is 14.3. The zero-order valence-electron chi connectivity index (χ0n) is 13.1. The number of nitrogens with zero attached hydrogens (tertiary/aromatic N) is 1. The topological polar surface area (TPSA) is 41.6 Å². The predicted octanol–water partition coefficient (Wildman–Crippen LogP) is 2.23. The molecule has 1 fully saturated rings. The number of hydrogen-bond acceptors (Lipinski definition) is 3. The van der Waals surface area contributed by atoms with E-state index >= 15 is 0 Å². The number of methoxy groups -OCH3 is 1. The van der Waals surface area contributed by atoms with Gasteiger partial charge in [0.15, 0.2) is 0 Å². The van der Waals surface area contributed by atoms with Crippen LogP contribution in [0.5, 0.6) is 5.75 Å². The van der Waals surface area contributed by atoms with Crippen molar-refractivity contribution in [3.05, 3.63) is 29.8 Å². The van der Waals surface area contributed by atoms with Crippen LogP contribution < -0.4 is 10.1 Å². The molecule has 4 nitrogen and oxygen atoms in total. The molecule has 1 amide bonds. The zero-order chi connectivity index (χ0) is 15.1. The number of rotatable bonds is 6. The van der Waals surface area contributed by atoms with E-state index in [1.54, 1.807) is 7.11 Å². The van der Waals surface area contributed by atoms with Gasteiger partial charge in [-0.15, -0.1) is 0 Å². The third kappa shape index (κ3) is 4.74. The maximum absolute atomic E-state index is 12.3. The molecule has 1 aliphatic rings. The number of ether oxygens (including phenoxy) is 1. The lowest BCUT2D eigenvalue weighted by Gasteiger charge is -2.29. The fraction of sp³-hybridized carbons (Fsp3) is 0.588. The van der Waals surface area contributed by atoms with Crippen molar-refractivity contribution in [2.45, 2.75) is 38.6 Å². The molecule has 1 aromatic carbocycles. The fourth-order valence-corrected chi connectivity index (χ4v) is 2.70. The Kier molecular flexibility index (Phi) is 6.05. The number of hydrogen-bond donors (Lipinski definition) is 1. The number of carbonyl (C=O) groups is 1. The lowest BCUT2D eigenvalue weighted by molar-refractivity contribution is -0.133. The summed E-state index contributed by atoms with van der Waals surface area (Å²) in [5, 5.41) is 3.33. The molecule has 0 saturated carbocycles. The molecule has 0 aromatic heterocycles. The minimum atomic E-state index is -0.0960. The predicted molar refractivity (Wildman–Crippen MR) is 84.6 cm³/mol. The molecular formula is C17H26N2O2. The van der Waals surface area contributed by atoms with Crippen molar-refractivity contribution in [1.29, 1.82) is 0 Å². The van der Waals surface area contributed by atoms with E-state index in [1.807, 2.05) is 24.0 Å². The molecule has 1 unspecified atom stereocenters. The van der Waals surface area contributed by atoms with E-state index in [0.717, 1.165) is 44.6 Å². The molecule has 1 saturated heterocycles. The Morgan fingerprint density at radius 1 is 1.24 bits per heavy atom. The molecule has 116 valence electrons. The van der Waals surface area contributed by atoms with Crippen LogP contribution in [-0.2, 0) is 11.2 Å². The first-order valence-electron chi connectivity index (χ1n) is 7.86. The molecule has 0 bridgehead atoms. The highest BCUT2D eigenvalue weighted by Crippen LogP contribution is 2.12. The number of benzene rings is 1. The Bertz CT molecular complexity index is 439. The Morgan fingerprint density at radius 3 is 2.52 bits per heavy atom.